The van der Waals surface area contributed by atoms with Crippen LogP contribution >= 0.6 is 0 Å². The van der Waals surface area contributed by atoms with Crippen molar-refractivity contribution < 1.29 is 14.0 Å². The summed E-state index contributed by atoms with van der Waals surface area (Å²) in [5, 5.41) is 5.39. The van der Waals surface area contributed by atoms with Crippen molar-refractivity contribution in [2.24, 2.45) is 0 Å². The SMILES string of the molecule is O=C1CCC(C(=O)NCCc2ccco2)N1. The van der Waals surface area contributed by atoms with Crippen molar-refractivity contribution in [3.05, 3.63) is 24.2 Å². The molecule has 2 rings (SSSR count). The zero-order valence-corrected chi connectivity index (χ0v) is 8.86. The molecule has 1 aromatic rings. The molecule has 2 N–H and O–H groups in total. The van der Waals surface area contributed by atoms with E-state index in [1.807, 2.05) is 12.1 Å². The Kier molecular flexibility index (Phi) is 3.24. The second kappa shape index (κ2) is 4.83. The normalized spacial score (nSPS) is 19.5. The van der Waals surface area contributed by atoms with Gasteiger partial charge in [0.25, 0.3) is 0 Å². The van der Waals surface area contributed by atoms with Gasteiger partial charge in [0.15, 0.2) is 0 Å². The smallest absolute Gasteiger partial charge is 0.242 e. The van der Waals surface area contributed by atoms with E-state index in [1.54, 1.807) is 6.26 Å². The first-order valence-electron chi connectivity index (χ1n) is 5.35. The summed E-state index contributed by atoms with van der Waals surface area (Å²) in [6, 6.07) is 3.32. The molecule has 86 valence electrons. The van der Waals surface area contributed by atoms with Crippen LogP contribution in [-0.4, -0.2) is 24.4 Å². The Balaban J connectivity index is 1.70. The fourth-order valence-electron chi connectivity index (χ4n) is 1.70. The van der Waals surface area contributed by atoms with Crippen molar-refractivity contribution in [1.82, 2.24) is 10.6 Å². The minimum atomic E-state index is -0.357. The predicted octanol–water partition coefficient (Wildman–Crippen LogP) is 0.217. The van der Waals surface area contributed by atoms with Gasteiger partial charge in [0, 0.05) is 19.4 Å². The van der Waals surface area contributed by atoms with E-state index in [1.165, 1.54) is 0 Å². The number of carbonyl (C=O) groups excluding carboxylic acids is 2. The molecule has 0 radical (unpaired) electrons. The number of hydrogen-bond donors (Lipinski definition) is 2. The van der Waals surface area contributed by atoms with Crippen molar-refractivity contribution in [3.8, 4) is 0 Å². The molecule has 1 aliphatic rings. The summed E-state index contributed by atoms with van der Waals surface area (Å²) in [4.78, 5) is 22.5. The molecule has 0 saturated carbocycles. The van der Waals surface area contributed by atoms with Crippen LogP contribution in [-0.2, 0) is 16.0 Å². The number of hydrogen-bond acceptors (Lipinski definition) is 3. The van der Waals surface area contributed by atoms with Crippen LogP contribution in [0.2, 0.25) is 0 Å². The van der Waals surface area contributed by atoms with Crippen molar-refractivity contribution in [2.75, 3.05) is 6.54 Å². The maximum atomic E-state index is 11.6. The van der Waals surface area contributed by atoms with E-state index < -0.39 is 0 Å². The molecule has 2 amide bonds. The summed E-state index contributed by atoms with van der Waals surface area (Å²) >= 11 is 0. The third kappa shape index (κ3) is 2.62. The monoisotopic (exact) mass is 222 g/mol. The van der Waals surface area contributed by atoms with Crippen LogP contribution in [0.3, 0.4) is 0 Å². The van der Waals surface area contributed by atoms with E-state index >= 15 is 0 Å². The molecule has 0 spiro atoms. The summed E-state index contributed by atoms with van der Waals surface area (Å²) in [5.41, 5.74) is 0. The Hall–Kier alpha value is -1.78. The molecule has 1 aromatic heterocycles. The summed E-state index contributed by atoms with van der Waals surface area (Å²) < 4.78 is 5.14. The van der Waals surface area contributed by atoms with Gasteiger partial charge >= 0.3 is 0 Å². The van der Waals surface area contributed by atoms with Crippen LogP contribution in [0.1, 0.15) is 18.6 Å². The molecule has 1 saturated heterocycles. The summed E-state index contributed by atoms with van der Waals surface area (Å²) in [5.74, 6) is 0.680. The minimum Gasteiger partial charge on any atom is -0.469 e. The van der Waals surface area contributed by atoms with Crippen molar-refractivity contribution >= 4 is 11.8 Å². The Labute approximate surface area is 93.2 Å². The number of rotatable bonds is 4. The lowest BCUT2D eigenvalue weighted by molar-refractivity contribution is -0.125. The summed E-state index contributed by atoms with van der Waals surface area (Å²) in [7, 11) is 0. The summed E-state index contributed by atoms with van der Waals surface area (Å²) in [6.07, 6.45) is 3.30. The minimum absolute atomic E-state index is 0.0498. The molecule has 1 fully saturated rings. The van der Waals surface area contributed by atoms with Gasteiger partial charge in [-0.05, 0) is 18.6 Å². The van der Waals surface area contributed by atoms with E-state index in [0.717, 1.165) is 5.76 Å². The number of amides is 2. The second-order valence-electron chi connectivity index (χ2n) is 3.78. The molecule has 5 heteroatoms. The maximum absolute atomic E-state index is 11.6. The summed E-state index contributed by atoms with van der Waals surface area (Å²) in [6.45, 7) is 0.527. The Morgan fingerprint density at radius 3 is 3.12 bits per heavy atom. The van der Waals surface area contributed by atoms with E-state index in [4.69, 9.17) is 4.42 Å². The standard InChI is InChI=1S/C11H14N2O3/c14-10-4-3-9(13-10)11(15)12-6-5-8-2-1-7-16-8/h1-2,7,9H,3-6H2,(H,12,15)(H,13,14). The van der Waals surface area contributed by atoms with E-state index in [0.29, 0.717) is 25.8 Å². The molecule has 0 bridgehead atoms. The van der Waals surface area contributed by atoms with Crippen LogP contribution in [0.15, 0.2) is 22.8 Å². The second-order valence-corrected chi connectivity index (χ2v) is 3.78. The molecular formula is C11H14N2O3. The molecule has 16 heavy (non-hydrogen) atoms. The molecular weight excluding hydrogens is 208 g/mol. The van der Waals surface area contributed by atoms with Gasteiger partial charge in [0.05, 0.1) is 6.26 Å². The van der Waals surface area contributed by atoms with Crippen LogP contribution in [0, 0.1) is 0 Å². The third-order valence-electron chi connectivity index (χ3n) is 2.56. The highest BCUT2D eigenvalue weighted by molar-refractivity contribution is 5.90. The number of nitrogens with one attached hydrogen (secondary N) is 2. The quantitative estimate of drug-likeness (QED) is 0.765. The average molecular weight is 222 g/mol. The topological polar surface area (TPSA) is 71.3 Å². The lowest BCUT2D eigenvalue weighted by Gasteiger charge is -2.09. The van der Waals surface area contributed by atoms with Gasteiger partial charge in [-0.25, -0.2) is 0 Å². The van der Waals surface area contributed by atoms with Crippen molar-refractivity contribution in [3.63, 3.8) is 0 Å². The van der Waals surface area contributed by atoms with E-state index in [9.17, 15) is 9.59 Å². The third-order valence-corrected chi connectivity index (χ3v) is 2.56. The van der Waals surface area contributed by atoms with Gasteiger partial charge in [0.1, 0.15) is 11.8 Å². The molecule has 0 aromatic carbocycles. The van der Waals surface area contributed by atoms with Gasteiger partial charge < -0.3 is 15.1 Å². The first-order valence-corrected chi connectivity index (χ1v) is 5.35. The molecule has 2 heterocycles. The Morgan fingerprint density at radius 1 is 1.62 bits per heavy atom. The van der Waals surface area contributed by atoms with Crippen molar-refractivity contribution in [1.29, 1.82) is 0 Å². The van der Waals surface area contributed by atoms with Crippen molar-refractivity contribution in [2.45, 2.75) is 25.3 Å². The highest BCUT2D eigenvalue weighted by Crippen LogP contribution is 2.06. The Bertz CT molecular complexity index is 373. The van der Waals surface area contributed by atoms with E-state index in [2.05, 4.69) is 10.6 Å². The van der Waals surface area contributed by atoms with Gasteiger partial charge in [-0.3, -0.25) is 9.59 Å². The van der Waals surface area contributed by atoms with Gasteiger partial charge in [-0.2, -0.15) is 0 Å². The van der Waals surface area contributed by atoms with Crippen LogP contribution < -0.4 is 10.6 Å². The number of furan rings is 1. The lowest BCUT2D eigenvalue weighted by Crippen LogP contribution is -2.42. The van der Waals surface area contributed by atoms with Crippen LogP contribution in [0.5, 0.6) is 0 Å². The fourth-order valence-corrected chi connectivity index (χ4v) is 1.70. The molecule has 5 nitrogen and oxygen atoms in total. The number of carbonyl (C=O) groups is 2. The lowest BCUT2D eigenvalue weighted by atomic mass is 10.2. The van der Waals surface area contributed by atoms with Gasteiger partial charge in [0.2, 0.25) is 11.8 Å². The first-order chi connectivity index (χ1) is 7.75. The maximum Gasteiger partial charge on any atom is 0.242 e. The molecule has 1 unspecified atom stereocenters. The van der Waals surface area contributed by atoms with Gasteiger partial charge in [-0.1, -0.05) is 0 Å². The highest BCUT2D eigenvalue weighted by Gasteiger charge is 2.26. The van der Waals surface area contributed by atoms with Gasteiger partial charge in [-0.15, -0.1) is 0 Å². The van der Waals surface area contributed by atoms with Crippen LogP contribution in [0.4, 0.5) is 0 Å². The molecule has 1 atom stereocenters. The molecule has 1 aliphatic heterocycles. The average Bonchev–Trinajstić information content (AvgIpc) is 2.89. The fraction of sp³-hybridized carbons (Fsp3) is 0.455. The zero-order valence-electron chi connectivity index (χ0n) is 8.86. The first kappa shape index (κ1) is 10.7. The largest absolute Gasteiger partial charge is 0.469 e. The van der Waals surface area contributed by atoms with Crippen LogP contribution in [0.25, 0.3) is 0 Å². The van der Waals surface area contributed by atoms with E-state index in [-0.39, 0.29) is 17.9 Å². The molecule has 0 aliphatic carbocycles. The predicted molar refractivity (Wildman–Crippen MR) is 56.6 cm³/mol. The highest BCUT2D eigenvalue weighted by atomic mass is 16.3. The zero-order chi connectivity index (χ0) is 11.4. The Morgan fingerprint density at radius 2 is 2.50 bits per heavy atom.